The summed E-state index contributed by atoms with van der Waals surface area (Å²) < 4.78 is 32.6. The van der Waals surface area contributed by atoms with E-state index in [0.717, 1.165) is 44.9 Å². The van der Waals surface area contributed by atoms with Crippen molar-refractivity contribution >= 4 is 31.5 Å². The molecule has 63 heavy (non-hydrogen) atoms. The summed E-state index contributed by atoms with van der Waals surface area (Å²) in [6.07, 6.45) is 38.9. The summed E-state index contributed by atoms with van der Waals surface area (Å²) in [5, 5.41) is 29.6. The highest BCUT2D eigenvalue weighted by Crippen LogP contribution is 2.43. The van der Waals surface area contributed by atoms with Crippen molar-refractivity contribution in [1.29, 1.82) is 0 Å². The second-order valence-corrected chi connectivity index (χ2v) is 17.1. The van der Waals surface area contributed by atoms with Crippen LogP contribution in [0.4, 0.5) is 0 Å². The van der Waals surface area contributed by atoms with Crippen molar-refractivity contribution < 1.29 is 62.5 Å². The maximum absolute atomic E-state index is 12.7. The Morgan fingerprint density at radius 2 is 1.30 bits per heavy atom. The summed E-state index contributed by atoms with van der Waals surface area (Å²) in [5.41, 5.74) is 5.32. The van der Waals surface area contributed by atoms with Crippen LogP contribution in [0.3, 0.4) is 0 Å². The lowest BCUT2D eigenvalue weighted by Crippen LogP contribution is -2.34. The van der Waals surface area contributed by atoms with Crippen LogP contribution in [-0.2, 0) is 42.3 Å². The Labute approximate surface area is 375 Å². The number of carbonyl (C=O) groups excluding carboxylic acids is 3. The predicted molar refractivity (Wildman–Crippen MR) is 245 cm³/mol. The standard InChI is InChI=1S/C48H76NO13P/c1-3-5-7-8-9-10-11-12-13-14-15-16-17-18-19-20-21-22-27-31-46(53)59-36-40(37-60-63(57,58)61-38-43(49)48(55)56)62-47(54)32-28-24-23-26-30-41-42(45(52)35-44(41)51)34-33-39(50)29-25-6-4-2/h9-10,12-13,15-16,18-19,21-23,26,33-34,39-44,50-51H,3-8,11,14,17,20,24-25,27-32,35-38,49H2,1-2H3,(H,55,56)(H,57,58)/b10-9-,13-12-,16-15-,19-18-,22-21-,26-23-,34-33+/t39-,40+,41+,42+,43-,44-/m0/s1. The number of aliphatic carboxylic acids is 1. The molecule has 0 aromatic rings. The third-order valence-electron chi connectivity index (χ3n) is 10.0. The van der Waals surface area contributed by atoms with Crippen LogP contribution in [0, 0.1) is 11.8 Å². The van der Waals surface area contributed by atoms with Gasteiger partial charge in [-0.1, -0.05) is 131 Å². The van der Waals surface area contributed by atoms with Crippen LogP contribution in [0.1, 0.15) is 136 Å². The van der Waals surface area contributed by atoms with Crippen molar-refractivity contribution in [2.24, 2.45) is 17.6 Å². The second kappa shape index (κ2) is 36.6. The minimum atomic E-state index is -4.82. The summed E-state index contributed by atoms with van der Waals surface area (Å²) in [6, 6.07) is -1.58. The van der Waals surface area contributed by atoms with Crippen molar-refractivity contribution in [3.05, 3.63) is 85.1 Å². The third kappa shape index (κ3) is 30.9. The maximum Gasteiger partial charge on any atom is 0.472 e. The number of hydrogen-bond donors (Lipinski definition) is 5. The Bertz CT molecular complexity index is 1550. The van der Waals surface area contributed by atoms with Crippen LogP contribution in [-0.4, -0.2) is 88.1 Å². The molecule has 0 aliphatic heterocycles. The van der Waals surface area contributed by atoms with Crippen LogP contribution >= 0.6 is 7.82 Å². The third-order valence-corrected chi connectivity index (χ3v) is 11.0. The SMILES string of the molecule is CCCCC/C=C\C/C=C\C/C=C\C/C=C\C/C=C\CCC(=O)OC[C@H](COP(=O)(O)OC[C@H](N)C(=O)O)OC(=O)CCC/C=C\C[C@H]1[C@@H](O)CC(=O)[C@@H]1/C=C/[C@@H](O)CCCCC. The van der Waals surface area contributed by atoms with Crippen molar-refractivity contribution in [2.45, 2.75) is 160 Å². The molecule has 14 nitrogen and oxygen atoms in total. The number of allylic oxidation sites excluding steroid dienone is 13. The topological polar surface area (TPSA) is 229 Å². The number of Topliss-reactive ketones (excluding diaryl/α,β-unsaturated/α-hetero) is 1. The van der Waals surface area contributed by atoms with Crippen molar-refractivity contribution in [3.63, 3.8) is 0 Å². The molecular weight excluding hydrogens is 829 g/mol. The van der Waals surface area contributed by atoms with Crippen LogP contribution in [0.2, 0.25) is 0 Å². The van der Waals surface area contributed by atoms with Gasteiger partial charge in [-0.05, 0) is 70.6 Å². The molecule has 0 amide bonds. The zero-order valence-electron chi connectivity index (χ0n) is 37.6. The molecule has 1 saturated carbocycles. The Morgan fingerprint density at radius 3 is 1.92 bits per heavy atom. The van der Waals surface area contributed by atoms with Gasteiger partial charge in [-0.3, -0.25) is 28.2 Å². The Kier molecular flexibility index (Phi) is 33.2. The maximum atomic E-state index is 12.7. The lowest BCUT2D eigenvalue weighted by Gasteiger charge is -2.20. The second-order valence-electron chi connectivity index (χ2n) is 15.6. The number of nitrogens with two attached hydrogens (primary N) is 1. The van der Waals surface area contributed by atoms with Crippen LogP contribution in [0.5, 0.6) is 0 Å². The van der Waals surface area contributed by atoms with Gasteiger partial charge in [-0.15, -0.1) is 0 Å². The number of rotatable bonds is 37. The van der Waals surface area contributed by atoms with Gasteiger partial charge in [-0.2, -0.15) is 0 Å². The van der Waals surface area contributed by atoms with E-state index in [2.05, 4.69) is 60.9 Å². The van der Waals surface area contributed by atoms with Gasteiger partial charge in [-0.25, -0.2) is 4.57 Å². The highest BCUT2D eigenvalue weighted by Gasteiger charge is 2.39. The number of aliphatic hydroxyl groups is 2. The normalized spacial score (nSPS) is 19.7. The number of ether oxygens (including phenoxy) is 2. The van der Waals surface area contributed by atoms with E-state index < -0.39 is 75.8 Å². The fourth-order valence-corrected chi connectivity index (χ4v) is 7.10. The van der Waals surface area contributed by atoms with E-state index in [1.54, 1.807) is 12.2 Å². The largest absolute Gasteiger partial charge is 0.480 e. The number of hydrogen-bond acceptors (Lipinski definition) is 12. The van der Waals surface area contributed by atoms with Crippen LogP contribution in [0.15, 0.2) is 85.1 Å². The average molecular weight is 906 g/mol. The number of phosphoric ester groups is 1. The van der Waals surface area contributed by atoms with E-state index >= 15 is 0 Å². The van der Waals surface area contributed by atoms with E-state index in [4.69, 9.17) is 24.8 Å². The van der Waals surface area contributed by atoms with Gasteiger partial charge in [0.2, 0.25) is 0 Å². The number of esters is 2. The number of carbonyl (C=O) groups is 4. The number of ketones is 1. The number of aliphatic hydroxyl groups excluding tert-OH is 2. The van der Waals surface area contributed by atoms with Gasteiger partial charge < -0.3 is 35.4 Å². The first kappa shape index (κ1) is 57.3. The van der Waals surface area contributed by atoms with Crippen molar-refractivity contribution in [2.75, 3.05) is 19.8 Å². The van der Waals surface area contributed by atoms with Crippen molar-refractivity contribution in [1.82, 2.24) is 0 Å². The quantitative estimate of drug-likeness (QED) is 0.0170. The summed E-state index contributed by atoms with van der Waals surface area (Å²) in [4.78, 5) is 58.7. The first-order valence-electron chi connectivity index (χ1n) is 22.7. The molecule has 0 heterocycles. The molecule has 0 spiro atoms. The van der Waals surface area contributed by atoms with Gasteiger partial charge in [0, 0.05) is 31.1 Å². The molecule has 7 atom stereocenters. The molecule has 0 aromatic carbocycles. The van der Waals surface area contributed by atoms with E-state index in [1.807, 2.05) is 30.4 Å². The van der Waals surface area contributed by atoms with E-state index in [1.165, 1.54) is 19.3 Å². The fraction of sp³-hybridized carbons (Fsp3) is 0.625. The zero-order valence-corrected chi connectivity index (χ0v) is 38.5. The Morgan fingerprint density at radius 1 is 0.746 bits per heavy atom. The number of carboxylic acids is 1. The Hall–Kier alpha value is -3.75. The lowest BCUT2D eigenvalue weighted by molar-refractivity contribution is -0.161. The average Bonchev–Trinajstić information content (AvgIpc) is 3.52. The summed E-state index contributed by atoms with van der Waals surface area (Å²) in [5.74, 6) is -3.60. The summed E-state index contributed by atoms with van der Waals surface area (Å²) in [7, 11) is -4.82. The minimum absolute atomic E-state index is 0.0394. The first-order chi connectivity index (χ1) is 30.3. The molecule has 1 aliphatic rings. The lowest BCUT2D eigenvalue weighted by atomic mass is 9.90. The van der Waals surface area contributed by atoms with E-state index in [9.17, 15) is 38.8 Å². The van der Waals surface area contributed by atoms with Gasteiger partial charge in [0.15, 0.2) is 6.10 Å². The molecule has 1 rings (SSSR count). The summed E-state index contributed by atoms with van der Waals surface area (Å²) in [6.45, 7) is 2.30. The molecule has 15 heteroatoms. The highest BCUT2D eigenvalue weighted by atomic mass is 31.2. The molecule has 0 radical (unpaired) electrons. The Balaban J connectivity index is 2.55. The molecule has 1 fully saturated rings. The molecule has 1 unspecified atom stereocenters. The smallest absolute Gasteiger partial charge is 0.472 e. The molecule has 6 N–H and O–H groups in total. The number of phosphoric acid groups is 1. The molecule has 0 saturated heterocycles. The molecule has 356 valence electrons. The fourth-order valence-electron chi connectivity index (χ4n) is 6.32. The predicted octanol–water partition coefficient (Wildman–Crippen LogP) is 8.87. The summed E-state index contributed by atoms with van der Waals surface area (Å²) >= 11 is 0. The van der Waals surface area contributed by atoms with Crippen LogP contribution in [0.25, 0.3) is 0 Å². The van der Waals surface area contributed by atoms with Crippen LogP contribution < -0.4 is 5.73 Å². The van der Waals surface area contributed by atoms with Gasteiger partial charge >= 0.3 is 25.7 Å². The number of carboxylic acid groups (broad SMARTS) is 1. The van der Waals surface area contributed by atoms with Gasteiger partial charge in [0.25, 0.3) is 0 Å². The first-order valence-corrected chi connectivity index (χ1v) is 24.2. The molecule has 0 aromatic heterocycles. The van der Waals surface area contributed by atoms with Crippen molar-refractivity contribution in [3.8, 4) is 0 Å². The molecule has 1 aliphatic carbocycles. The monoisotopic (exact) mass is 906 g/mol. The van der Waals surface area contributed by atoms with E-state index in [0.29, 0.717) is 38.5 Å². The highest BCUT2D eigenvalue weighted by molar-refractivity contribution is 7.47. The molecule has 0 bridgehead atoms. The molecular formula is C48H76NO13P. The zero-order chi connectivity index (χ0) is 46.6. The van der Waals surface area contributed by atoms with E-state index in [-0.39, 0.29) is 31.0 Å². The van der Waals surface area contributed by atoms with Gasteiger partial charge in [0.1, 0.15) is 18.4 Å². The minimum Gasteiger partial charge on any atom is -0.480 e. The van der Waals surface area contributed by atoms with Gasteiger partial charge in [0.05, 0.1) is 25.4 Å². The number of unbranched alkanes of at least 4 members (excludes halogenated alkanes) is 6.